The minimum absolute atomic E-state index is 0.0979. The van der Waals surface area contributed by atoms with Crippen LogP contribution in [-0.2, 0) is 16.1 Å². The minimum atomic E-state index is -0.979. The molecule has 0 spiro atoms. The normalized spacial score (nSPS) is 12.6. The second-order valence-corrected chi connectivity index (χ2v) is 8.01. The molecule has 0 aromatic heterocycles. The lowest BCUT2D eigenvalue weighted by atomic mass is 9.94. The molecule has 0 bridgehead atoms. The summed E-state index contributed by atoms with van der Waals surface area (Å²) in [6, 6.07) is 6.76. The maximum atomic E-state index is 12.8. The lowest BCUT2D eigenvalue weighted by Gasteiger charge is -2.32. The van der Waals surface area contributed by atoms with Gasteiger partial charge in [0, 0.05) is 19.0 Å². The van der Waals surface area contributed by atoms with Crippen molar-refractivity contribution >= 4 is 17.4 Å². The summed E-state index contributed by atoms with van der Waals surface area (Å²) < 4.78 is 0. The van der Waals surface area contributed by atoms with Crippen molar-refractivity contribution in [3.8, 4) is 0 Å². The van der Waals surface area contributed by atoms with Gasteiger partial charge in [0.1, 0.15) is 6.04 Å². The summed E-state index contributed by atoms with van der Waals surface area (Å²) in [6.07, 6.45) is 5.49. The number of nitrogens with two attached hydrogens (primary N) is 2. The zero-order valence-corrected chi connectivity index (χ0v) is 22.8. The van der Waals surface area contributed by atoms with Crippen LogP contribution in [-0.4, -0.2) is 41.0 Å². The summed E-state index contributed by atoms with van der Waals surface area (Å²) in [4.78, 5) is 26.2. The van der Waals surface area contributed by atoms with Gasteiger partial charge >= 0.3 is 5.97 Å². The van der Waals surface area contributed by atoms with E-state index >= 15 is 0 Å². The van der Waals surface area contributed by atoms with Crippen molar-refractivity contribution < 1.29 is 14.7 Å². The van der Waals surface area contributed by atoms with Gasteiger partial charge in [-0.25, -0.2) is 4.79 Å². The number of nitrogens with zero attached hydrogens (tertiary/aromatic N) is 1. The molecule has 0 aliphatic heterocycles. The molecule has 1 amide bonds. The monoisotopic (exact) mass is 488 g/mol. The molecule has 0 saturated heterocycles. The van der Waals surface area contributed by atoms with Crippen molar-refractivity contribution in [2.75, 3.05) is 7.05 Å². The molecule has 0 fully saturated rings. The predicted octanol–water partition coefficient (Wildman–Crippen LogP) is 4.89. The Labute approximate surface area is 212 Å². The number of hydrogen-bond donors (Lipinski definition) is 4. The zero-order valence-electron chi connectivity index (χ0n) is 22.8. The number of amides is 1. The van der Waals surface area contributed by atoms with Gasteiger partial charge in [0.2, 0.25) is 5.91 Å². The number of rotatable bonds is 13. The molecule has 198 valence electrons. The molecule has 7 heteroatoms. The van der Waals surface area contributed by atoms with Gasteiger partial charge in [-0.05, 0) is 48.6 Å². The zero-order chi connectivity index (χ0) is 27.6. The van der Waals surface area contributed by atoms with Crippen molar-refractivity contribution in [2.45, 2.75) is 79.4 Å². The fraction of sp³-hybridized carbons (Fsp3) is 0.500. The van der Waals surface area contributed by atoms with Crippen molar-refractivity contribution in [1.29, 1.82) is 0 Å². The maximum absolute atomic E-state index is 12.8. The number of allylic oxidation sites excluding steroid dienone is 2. The molecule has 2 atom stereocenters. The number of aliphatic carboxylic acids is 1. The van der Waals surface area contributed by atoms with E-state index in [1.54, 1.807) is 12.2 Å². The van der Waals surface area contributed by atoms with E-state index in [-0.39, 0.29) is 24.4 Å². The summed E-state index contributed by atoms with van der Waals surface area (Å²) >= 11 is 0. The largest absolute Gasteiger partial charge is 0.480 e. The quantitative estimate of drug-likeness (QED) is 0.178. The van der Waals surface area contributed by atoms with Crippen LogP contribution in [0.5, 0.6) is 0 Å². The van der Waals surface area contributed by atoms with E-state index in [0.29, 0.717) is 6.42 Å². The first-order valence-electron chi connectivity index (χ1n) is 12.4. The summed E-state index contributed by atoms with van der Waals surface area (Å²) in [5.74, 6) is 4.28. The molecule has 0 aliphatic rings. The van der Waals surface area contributed by atoms with Crippen LogP contribution < -0.4 is 17.0 Å². The fourth-order valence-electron chi connectivity index (χ4n) is 3.59. The van der Waals surface area contributed by atoms with E-state index in [1.165, 1.54) is 11.9 Å². The van der Waals surface area contributed by atoms with Gasteiger partial charge in [0.15, 0.2) is 0 Å². The molecule has 7 nitrogen and oxygen atoms in total. The van der Waals surface area contributed by atoms with Crippen LogP contribution in [0.4, 0.5) is 0 Å². The van der Waals surface area contributed by atoms with Crippen molar-refractivity contribution in [3.63, 3.8) is 0 Å². The average molecular weight is 489 g/mol. The van der Waals surface area contributed by atoms with E-state index < -0.39 is 12.0 Å². The van der Waals surface area contributed by atoms with Gasteiger partial charge in [-0.3, -0.25) is 16.1 Å². The molecule has 1 aromatic carbocycles. The van der Waals surface area contributed by atoms with E-state index in [2.05, 4.69) is 24.3 Å². The first kappa shape index (κ1) is 34.4. The number of unbranched alkanes of at least 4 members (excludes halogenated alkanes) is 1. The molecule has 0 heterocycles. The fourth-order valence-corrected chi connectivity index (χ4v) is 3.59. The Morgan fingerprint density at radius 2 is 1.63 bits per heavy atom. The summed E-state index contributed by atoms with van der Waals surface area (Å²) in [5.41, 5.74) is 10.9. The Hall–Kier alpha value is -2.74. The highest BCUT2D eigenvalue weighted by Gasteiger charge is 2.32. The third-order valence-corrected chi connectivity index (χ3v) is 5.35. The molecule has 6 N–H and O–H groups in total. The highest BCUT2D eigenvalue weighted by Crippen LogP contribution is 2.24. The Bertz CT molecular complexity index is 801. The first-order chi connectivity index (χ1) is 16.7. The minimum Gasteiger partial charge on any atom is -0.480 e. The predicted molar refractivity (Wildman–Crippen MR) is 148 cm³/mol. The number of hydrazine groups is 1. The lowest BCUT2D eigenvalue weighted by molar-refractivity contribution is -0.153. The van der Waals surface area contributed by atoms with Crippen LogP contribution in [0.25, 0.3) is 5.57 Å². The van der Waals surface area contributed by atoms with E-state index in [9.17, 15) is 14.7 Å². The molecule has 0 saturated carbocycles. The van der Waals surface area contributed by atoms with E-state index in [1.807, 2.05) is 65.8 Å². The van der Waals surface area contributed by atoms with Gasteiger partial charge in [-0.2, -0.15) is 0 Å². The molecule has 0 aliphatic carbocycles. The van der Waals surface area contributed by atoms with Gasteiger partial charge in [0.05, 0.1) is 0 Å². The van der Waals surface area contributed by atoms with E-state index in [4.69, 9.17) is 5.84 Å². The number of carbonyl (C=O) groups is 2. The molecule has 1 unspecified atom stereocenters. The highest BCUT2D eigenvalue weighted by atomic mass is 16.4. The molecular formula is C28H48N4O3. The number of nitrogens with one attached hydrogen (secondary N) is 1. The third kappa shape index (κ3) is 11.0. The first-order valence-corrected chi connectivity index (χ1v) is 12.4. The summed E-state index contributed by atoms with van der Waals surface area (Å²) in [7, 11) is 1.50. The van der Waals surface area contributed by atoms with Gasteiger partial charge < -0.3 is 15.7 Å². The molecule has 1 rings (SSSR count). The SMILES string of the molecule is C=C/C(=C(\C=C)C(C)NN)c1ccc(CN(C(=O)CCCC)[C@H](C(=O)O)C(C)C)cc1.CC.CN. The van der Waals surface area contributed by atoms with E-state index in [0.717, 1.165) is 35.1 Å². The van der Waals surface area contributed by atoms with Crippen LogP contribution in [0.1, 0.15) is 71.9 Å². The van der Waals surface area contributed by atoms with Crippen molar-refractivity contribution in [2.24, 2.45) is 17.5 Å². The van der Waals surface area contributed by atoms with Crippen LogP contribution >= 0.6 is 0 Å². The lowest BCUT2D eigenvalue weighted by Crippen LogP contribution is -2.47. The molecule has 35 heavy (non-hydrogen) atoms. The second kappa shape index (κ2) is 19.6. The van der Waals surface area contributed by atoms with Crippen LogP contribution in [0.15, 0.2) is 55.1 Å². The van der Waals surface area contributed by atoms with Crippen molar-refractivity contribution in [1.82, 2.24) is 10.3 Å². The smallest absolute Gasteiger partial charge is 0.326 e. The Kier molecular flexibility index (Phi) is 19.2. The number of carboxylic acids is 1. The van der Waals surface area contributed by atoms with Gasteiger partial charge in [-0.15, -0.1) is 0 Å². The third-order valence-electron chi connectivity index (χ3n) is 5.35. The molecular weight excluding hydrogens is 440 g/mol. The maximum Gasteiger partial charge on any atom is 0.326 e. The molecule has 1 aromatic rings. The standard InChI is InChI=1S/C25H37N3O3.C2H6.CH5N/c1-7-10-11-23(29)28(24(17(4)5)25(30)31)16-19-12-14-20(15-13-19)22(9-3)21(8-2)18(6)27-26;2*1-2/h8-9,12-15,17-18,24,27H,2-3,7,10-11,16,26H2,1,4-6H3,(H,30,31);1-2H3;2H2,1H3/b22-21-;;/t18?,24-;;/m0../s1. The number of carbonyl (C=O) groups excluding carboxylic acids is 1. The van der Waals surface area contributed by atoms with Crippen LogP contribution in [0.3, 0.4) is 0 Å². The highest BCUT2D eigenvalue weighted by molar-refractivity contribution is 5.84. The number of carboxylic acid groups (broad SMARTS) is 1. The summed E-state index contributed by atoms with van der Waals surface area (Å²) in [6.45, 7) is 19.6. The summed E-state index contributed by atoms with van der Waals surface area (Å²) in [5, 5.41) is 9.74. The average Bonchev–Trinajstić information content (AvgIpc) is 2.87. The van der Waals surface area contributed by atoms with Crippen LogP contribution in [0.2, 0.25) is 0 Å². The Morgan fingerprint density at radius 1 is 1.09 bits per heavy atom. The van der Waals surface area contributed by atoms with Crippen LogP contribution in [0, 0.1) is 5.92 Å². The topological polar surface area (TPSA) is 122 Å². The Morgan fingerprint density at radius 3 is 2.00 bits per heavy atom. The molecule has 0 radical (unpaired) electrons. The van der Waals surface area contributed by atoms with Gasteiger partial charge in [-0.1, -0.05) is 90.6 Å². The number of hydrogen-bond acceptors (Lipinski definition) is 5. The van der Waals surface area contributed by atoms with Gasteiger partial charge in [0.25, 0.3) is 0 Å². The number of benzene rings is 1. The van der Waals surface area contributed by atoms with Crippen molar-refractivity contribution in [3.05, 3.63) is 66.3 Å². The second-order valence-electron chi connectivity index (χ2n) is 8.01. The Balaban J connectivity index is 0.